The zero-order valence-electron chi connectivity index (χ0n) is 6.99. The Balaban J connectivity index is 2.39. The fourth-order valence-electron chi connectivity index (χ4n) is 1.57. The molecule has 1 saturated carbocycles. The summed E-state index contributed by atoms with van der Waals surface area (Å²) in [6.07, 6.45) is 2.80. The molecule has 0 unspecified atom stereocenters. The van der Waals surface area contributed by atoms with Crippen LogP contribution in [0.15, 0.2) is 12.1 Å². The largest absolute Gasteiger partial charge is 0.207 e. The van der Waals surface area contributed by atoms with Crippen LogP contribution in [0.4, 0.5) is 13.2 Å². The maximum Gasteiger partial charge on any atom is 0.161 e. The smallest absolute Gasteiger partial charge is 0.161 e. The molecule has 3 heteroatoms. The topological polar surface area (TPSA) is 0 Å². The van der Waals surface area contributed by atoms with E-state index in [1.54, 1.807) is 0 Å². The van der Waals surface area contributed by atoms with Crippen molar-refractivity contribution in [3.8, 4) is 0 Å². The minimum atomic E-state index is -1.11. The van der Waals surface area contributed by atoms with Gasteiger partial charge in [0.05, 0.1) is 0 Å². The summed E-state index contributed by atoms with van der Waals surface area (Å²) in [5.74, 6) is -2.59. The van der Waals surface area contributed by atoms with Crippen LogP contribution < -0.4 is 0 Å². The van der Waals surface area contributed by atoms with E-state index in [-0.39, 0.29) is 5.92 Å². The van der Waals surface area contributed by atoms with Gasteiger partial charge in [-0.25, -0.2) is 13.2 Å². The van der Waals surface area contributed by atoms with Gasteiger partial charge in [0.25, 0.3) is 0 Å². The van der Waals surface area contributed by atoms with Gasteiger partial charge in [0, 0.05) is 6.07 Å². The first-order valence-electron chi connectivity index (χ1n) is 4.33. The molecule has 70 valence electrons. The van der Waals surface area contributed by atoms with Gasteiger partial charge in [-0.2, -0.15) is 0 Å². The first kappa shape index (κ1) is 8.60. The maximum atomic E-state index is 13.1. The molecule has 1 aliphatic rings. The van der Waals surface area contributed by atoms with Crippen molar-refractivity contribution in [2.75, 3.05) is 0 Å². The summed E-state index contributed by atoms with van der Waals surface area (Å²) in [6.45, 7) is 0. The first-order chi connectivity index (χ1) is 6.18. The van der Waals surface area contributed by atoms with Crippen molar-refractivity contribution < 1.29 is 13.2 Å². The Labute approximate surface area is 74.4 Å². The van der Waals surface area contributed by atoms with Gasteiger partial charge in [0.15, 0.2) is 11.6 Å². The van der Waals surface area contributed by atoms with Crippen LogP contribution in [-0.4, -0.2) is 0 Å². The van der Waals surface area contributed by atoms with E-state index in [1.807, 2.05) is 0 Å². The summed E-state index contributed by atoms with van der Waals surface area (Å²) in [6, 6.07) is 1.61. The van der Waals surface area contributed by atoms with Crippen molar-refractivity contribution >= 4 is 0 Å². The Bertz CT molecular complexity index is 329. The highest BCUT2D eigenvalue weighted by atomic mass is 19.2. The van der Waals surface area contributed by atoms with E-state index in [2.05, 4.69) is 0 Å². The molecule has 1 aromatic rings. The van der Waals surface area contributed by atoms with Crippen molar-refractivity contribution in [3.05, 3.63) is 35.1 Å². The highest BCUT2D eigenvalue weighted by molar-refractivity contribution is 5.25. The second kappa shape index (κ2) is 3.05. The molecule has 0 heterocycles. The van der Waals surface area contributed by atoms with Gasteiger partial charge in [0.1, 0.15) is 5.82 Å². The van der Waals surface area contributed by atoms with Crippen molar-refractivity contribution in [1.29, 1.82) is 0 Å². The number of benzene rings is 1. The third kappa shape index (κ3) is 1.43. The van der Waals surface area contributed by atoms with Crippen LogP contribution in [-0.2, 0) is 0 Å². The van der Waals surface area contributed by atoms with Gasteiger partial charge in [-0.1, -0.05) is 6.42 Å². The van der Waals surface area contributed by atoms with Crippen LogP contribution in [0.1, 0.15) is 30.7 Å². The van der Waals surface area contributed by atoms with E-state index in [1.165, 1.54) is 0 Å². The van der Waals surface area contributed by atoms with Gasteiger partial charge < -0.3 is 0 Å². The molecule has 0 saturated heterocycles. The lowest BCUT2D eigenvalue weighted by atomic mass is 9.80. The molecule has 0 amide bonds. The van der Waals surface area contributed by atoms with Crippen LogP contribution >= 0.6 is 0 Å². The summed E-state index contributed by atoms with van der Waals surface area (Å²) in [5.41, 5.74) is 0.324. The first-order valence-corrected chi connectivity index (χ1v) is 4.33. The normalized spacial score (nSPS) is 17.2. The van der Waals surface area contributed by atoms with Crippen LogP contribution in [0.25, 0.3) is 0 Å². The van der Waals surface area contributed by atoms with Crippen molar-refractivity contribution in [1.82, 2.24) is 0 Å². The van der Waals surface area contributed by atoms with Crippen molar-refractivity contribution in [2.45, 2.75) is 25.2 Å². The maximum absolute atomic E-state index is 13.1. The van der Waals surface area contributed by atoms with Gasteiger partial charge in [-0.3, -0.25) is 0 Å². The van der Waals surface area contributed by atoms with E-state index in [0.29, 0.717) is 11.6 Å². The Morgan fingerprint density at radius 1 is 0.923 bits per heavy atom. The quantitative estimate of drug-likeness (QED) is 0.590. The average molecular weight is 186 g/mol. The molecule has 0 aromatic heterocycles. The summed E-state index contributed by atoms with van der Waals surface area (Å²) in [7, 11) is 0. The molecule has 0 aliphatic heterocycles. The Morgan fingerprint density at radius 3 is 2.08 bits per heavy atom. The summed E-state index contributed by atoms with van der Waals surface area (Å²) in [5, 5.41) is 0. The van der Waals surface area contributed by atoms with Crippen LogP contribution in [0, 0.1) is 17.5 Å². The van der Waals surface area contributed by atoms with Crippen LogP contribution in [0.3, 0.4) is 0 Å². The molecule has 1 fully saturated rings. The third-order valence-corrected chi connectivity index (χ3v) is 2.58. The van der Waals surface area contributed by atoms with Gasteiger partial charge >= 0.3 is 0 Å². The van der Waals surface area contributed by atoms with Crippen molar-refractivity contribution in [2.24, 2.45) is 0 Å². The monoisotopic (exact) mass is 186 g/mol. The van der Waals surface area contributed by atoms with E-state index < -0.39 is 17.5 Å². The summed E-state index contributed by atoms with van der Waals surface area (Å²) < 4.78 is 38.4. The second-order valence-electron chi connectivity index (χ2n) is 3.42. The minimum absolute atomic E-state index is 0.0927. The lowest BCUT2D eigenvalue weighted by molar-refractivity contribution is 0.396. The SMILES string of the molecule is Fc1cc(F)c(C2CCC2)cc1F. The lowest BCUT2D eigenvalue weighted by Crippen LogP contribution is -2.11. The van der Waals surface area contributed by atoms with Crippen LogP contribution in [0.5, 0.6) is 0 Å². The highest BCUT2D eigenvalue weighted by Crippen LogP contribution is 2.37. The van der Waals surface area contributed by atoms with Crippen LogP contribution in [0.2, 0.25) is 0 Å². The molecule has 0 nitrogen and oxygen atoms in total. The molecular weight excluding hydrogens is 177 g/mol. The average Bonchev–Trinajstić information content (AvgIpc) is 1.96. The zero-order chi connectivity index (χ0) is 9.42. The van der Waals surface area contributed by atoms with E-state index in [0.717, 1.165) is 25.3 Å². The molecule has 13 heavy (non-hydrogen) atoms. The summed E-state index contributed by atoms with van der Waals surface area (Å²) >= 11 is 0. The fourth-order valence-corrected chi connectivity index (χ4v) is 1.57. The molecule has 0 atom stereocenters. The molecule has 1 aliphatic carbocycles. The molecule has 2 rings (SSSR count). The van der Waals surface area contributed by atoms with Gasteiger partial charge in [-0.05, 0) is 30.4 Å². The predicted molar refractivity (Wildman–Crippen MR) is 42.9 cm³/mol. The number of halogens is 3. The van der Waals surface area contributed by atoms with Gasteiger partial charge in [0.2, 0.25) is 0 Å². The Morgan fingerprint density at radius 2 is 1.54 bits per heavy atom. The zero-order valence-corrected chi connectivity index (χ0v) is 6.99. The predicted octanol–water partition coefficient (Wildman–Crippen LogP) is 3.37. The standard InChI is InChI=1S/C10H9F3/c11-8-5-10(13)9(12)4-7(8)6-2-1-3-6/h4-6H,1-3H2. The fraction of sp³-hybridized carbons (Fsp3) is 0.400. The van der Waals surface area contributed by atoms with E-state index in [9.17, 15) is 13.2 Å². The molecule has 0 N–H and O–H groups in total. The molecule has 0 bridgehead atoms. The van der Waals surface area contributed by atoms with E-state index in [4.69, 9.17) is 0 Å². The highest BCUT2D eigenvalue weighted by Gasteiger charge is 2.24. The lowest BCUT2D eigenvalue weighted by Gasteiger charge is -2.26. The Hall–Kier alpha value is -0.990. The summed E-state index contributed by atoms with van der Waals surface area (Å²) in [4.78, 5) is 0. The second-order valence-corrected chi connectivity index (χ2v) is 3.42. The minimum Gasteiger partial charge on any atom is -0.207 e. The van der Waals surface area contributed by atoms with Crippen molar-refractivity contribution in [3.63, 3.8) is 0 Å². The van der Waals surface area contributed by atoms with E-state index >= 15 is 0 Å². The molecular formula is C10H9F3. The number of hydrogen-bond donors (Lipinski definition) is 0. The number of rotatable bonds is 1. The third-order valence-electron chi connectivity index (χ3n) is 2.58. The Kier molecular flexibility index (Phi) is 2.02. The molecule has 0 spiro atoms. The van der Waals surface area contributed by atoms with Gasteiger partial charge in [-0.15, -0.1) is 0 Å². The molecule has 1 aromatic carbocycles. The molecule has 0 radical (unpaired) electrons. The number of hydrogen-bond acceptors (Lipinski definition) is 0.